The Labute approximate surface area is 129 Å². The van der Waals surface area contributed by atoms with E-state index in [0.29, 0.717) is 11.0 Å². The summed E-state index contributed by atoms with van der Waals surface area (Å²) in [6.45, 7) is 4.94. The zero-order valence-electron chi connectivity index (χ0n) is 12.1. The van der Waals surface area contributed by atoms with Gasteiger partial charge in [-0.1, -0.05) is 25.8 Å². The van der Waals surface area contributed by atoms with Crippen LogP contribution in [0.15, 0.2) is 22.7 Å². The Morgan fingerprint density at radius 3 is 2.65 bits per heavy atom. The van der Waals surface area contributed by atoms with Gasteiger partial charge in [-0.3, -0.25) is 4.90 Å². The summed E-state index contributed by atoms with van der Waals surface area (Å²) < 4.78 is 14.2. The SMILES string of the molecule is CCCC1CCN(C(CN)c2ccc(Br)c(F)c2)CC1. The molecule has 112 valence electrons. The summed E-state index contributed by atoms with van der Waals surface area (Å²) in [5.74, 6) is 0.651. The Morgan fingerprint density at radius 2 is 2.10 bits per heavy atom. The van der Waals surface area contributed by atoms with Gasteiger partial charge in [-0.05, 0) is 65.5 Å². The molecule has 1 fully saturated rings. The summed E-state index contributed by atoms with van der Waals surface area (Å²) in [5.41, 5.74) is 6.93. The van der Waals surface area contributed by atoms with E-state index in [1.165, 1.54) is 25.7 Å². The molecule has 0 amide bonds. The minimum atomic E-state index is -0.207. The number of nitrogens with zero attached hydrogens (tertiary/aromatic N) is 1. The predicted octanol–water partition coefficient (Wildman–Crippen LogP) is 4.10. The van der Waals surface area contributed by atoms with Crippen molar-refractivity contribution in [2.45, 2.75) is 38.6 Å². The normalized spacial score (nSPS) is 19.2. The van der Waals surface area contributed by atoms with Gasteiger partial charge in [0.2, 0.25) is 0 Å². The molecule has 1 aliphatic heterocycles. The van der Waals surface area contributed by atoms with Gasteiger partial charge < -0.3 is 5.73 Å². The van der Waals surface area contributed by atoms with Crippen LogP contribution >= 0.6 is 15.9 Å². The zero-order chi connectivity index (χ0) is 14.5. The number of halogens is 2. The second kappa shape index (κ2) is 7.53. The van der Waals surface area contributed by atoms with Gasteiger partial charge in [-0.2, -0.15) is 0 Å². The fourth-order valence-electron chi connectivity index (χ4n) is 3.18. The highest BCUT2D eigenvalue weighted by Gasteiger charge is 2.25. The molecule has 0 aliphatic carbocycles. The second-order valence-electron chi connectivity index (χ2n) is 5.69. The molecule has 0 spiro atoms. The number of benzene rings is 1. The van der Waals surface area contributed by atoms with Crippen molar-refractivity contribution >= 4 is 15.9 Å². The fraction of sp³-hybridized carbons (Fsp3) is 0.625. The van der Waals surface area contributed by atoms with Crippen molar-refractivity contribution in [2.75, 3.05) is 19.6 Å². The average Bonchev–Trinajstić information content (AvgIpc) is 2.46. The van der Waals surface area contributed by atoms with Crippen LogP contribution in [0, 0.1) is 11.7 Å². The maximum absolute atomic E-state index is 13.7. The van der Waals surface area contributed by atoms with Crippen LogP contribution in [0.5, 0.6) is 0 Å². The number of rotatable bonds is 5. The molecule has 0 saturated carbocycles. The molecule has 0 bridgehead atoms. The molecule has 1 heterocycles. The van der Waals surface area contributed by atoms with Crippen molar-refractivity contribution in [3.63, 3.8) is 0 Å². The van der Waals surface area contributed by atoms with Crippen molar-refractivity contribution in [1.29, 1.82) is 0 Å². The maximum atomic E-state index is 13.7. The van der Waals surface area contributed by atoms with Crippen LogP contribution in [0.2, 0.25) is 0 Å². The molecule has 2 N–H and O–H groups in total. The topological polar surface area (TPSA) is 29.3 Å². The second-order valence-corrected chi connectivity index (χ2v) is 6.55. The molecule has 1 aromatic rings. The van der Waals surface area contributed by atoms with Gasteiger partial charge in [-0.25, -0.2) is 4.39 Å². The lowest BCUT2D eigenvalue weighted by molar-refractivity contribution is 0.131. The average molecular weight is 343 g/mol. The lowest BCUT2D eigenvalue weighted by Gasteiger charge is -2.37. The first-order valence-corrected chi connectivity index (χ1v) is 8.34. The summed E-state index contributed by atoms with van der Waals surface area (Å²) in [6, 6.07) is 5.50. The van der Waals surface area contributed by atoms with Gasteiger partial charge in [0, 0.05) is 12.6 Å². The van der Waals surface area contributed by atoms with Crippen molar-refractivity contribution in [1.82, 2.24) is 4.90 Å². The largest absolute Gasteiger partial charge is 0.329 e. The van der Waals surface area contributed by atoms with Crippen LogP contribution in [0.4, 0.5) is 4.39 Å². The first-order valence-electron chi connectivity index (χ1n) is 7.54. The lowest BCUT2D eigenvalue weighted by atomic mass is 9.91. The van der Waals surface area contributed by atoms with Gasteiger partial charge in [0.05, 0.1) is 4.47 Å². The maximum Gasteiger partial charge on any atom is 0.137 e. The monoisotopic (exact) mass is 342 g/mol. The third-order valence-electron chi connectivity index (χ3n) is 4.34. The van der Waals surface area contributed by atoms with E-state index >= 15 is 0 Å². The quantitative estimate of drug-likeness (QED) is 0.872. The van der Waals surface area contributed by atoms with Gasteiger partial charge in [0.25, 0.3) is 0 Å². The summed E-state index contributed by atoms with van der Waals surface area (Å²) >= 11 is 3.20. The summed E-state index contributed by atoms with van der Waals surface area (Å²) in [4.78, 5) is 2.41. The highest BCUT2D eigenvalue weighted by molar-refractivity contribution is 9.10. The molecule has 1 unspecified atom stereocenters. The molecular formula is C16H24BrFN2. The third kappa shape index (κ3) is 3.80. The zero-order valence-corrected chi connectivity index (χ0v) is 13.7. The molecule has 4 heteroatoms. The molecule has 1 atom stereocenters. The summed E-state index contributed by atoms with van der Waals surface area (Å²) in [5, 5.41) is 0. The van der Waals surface area contributed by atoms with Gasteiger partial charge in [-0.15, -0.1) is 0 Å². The number of nitrogens with two attached hydrogens (primary N) is 1. The molecule has 1 aliphatic rings. The van der Waals surface area contributed by atoms with Crippen LogP contribution < -0.4 is 5.73 Å². The smallest absolute Gasteiger partial charge is 0.137 e. The standard InChI is InChI=1S/C16H24BrFN2/c1-2-3-12-6-8-20(9-7-12)16(11-19)13-4-5-14(17)15(18)10-13/h4-5,10,12,16H,2-3,6-9,11,19H2,1H3. The number of hydrogen-bond acceptors (Lipinski definition) is 2. The van der Waals surface area contributed by atoms with Crippen molar-refractivity contribution in [2.24, 2.45) is 11.7 Å². The Balaban J connectivity index is 2.03. The van der Waals surface area contributed by atoms with E-state index in [1.54, 1.807) is 12.1 Å². The van der Waals surface area contributed by atoms with E-state index in [4.69, 9.17) is 5.73 Å². The molecule has 1 aromatic carbocycles. The predicted molar refractivity (Wildman–Crippen MR) is 85.1 cm³/mol. The van der Waals surface area contributed by atoms with Crippen molar-refractivity contribution in [3.05, 3.63) is 34.1 Å². The lowest BCUT2D eigenvalue weighted by Crippen LogP contribution is -2.39. The van der Waals surface area contributed by atoms with E-state index in [9.17, 15) is 4.39 Å². The van der Waals surface area contributed by atoms with E-state index in [-0.39, 0.29) is 11.9 Å². The summed E-state index contributed by atoms with van der Waals surface area (Å²) in [7, 11) is 0. The highest BCUT2D eigenvalue weighted by Crippen LogP contribution is 2.29. The minimum absolute atomic E-state index is 0.139. The minimum Gasteiger partial charge on any atom is -0.329 e. The van der Waals surface area contributed by atoms with Gasteiger partial charge >= 0.3 is 0 Å². The van der Waals surface area contributed by atoms with Crippen LogP contribution in [-0.4, -0.2) is 24.5 Å². The van der Waals surface area contributed by atoms with Crippen LogP contribution in [0.25, 0.3) is 0 Å². The number of likely N-dealkylation sites (tertiary alicyclic amines) is 1. The number of piperidine rings is 1. The third-order valence-corrected chi connectivity index (χ3v) is 4.98. The number of hydrogen-bond donors (Lipinski definition) is 1. The van der Waals surface area contributed by atoms with Crippen LogP contribution in [0.1, 0.15) is 44.2 Å². The van der Waals surface area contributed by atoms with E-state index in [0.717, 1.165) is 24.6 Å². The van der Waals surface area contributed by atoms with Gasteiger partial charge in [0.15, 0.2) is 0 Å². The van der Waals surface area contributed by atoms with Crippen LogP contribution in [0.3, 0.4) is 0 Å². The molecular weight excluding hydrogens is 319 g/mol. The Kier molecular flexibility index (Phi) is 6.00. The Morgan fingerprint density at radius 1 is 1.40 bits per heavy atom. The molecule has 20 heavy (non-hydrogen) atoms. The first-order chi connectivity index (χ1) is 9.65. The van der Waals surface area contributed by atoms with E-state index in [2.05, 4.69) is 27.8 Å². The molecule has 1 saturated heterocycles. The Bertz CT molecular complexity index is 430. The summed E-state index contributed by atoms with van der Waals surface area (Å²) in [6.07, 6.45) is 5.07. The fourth-order valence-corrected chi connectivity index (χ4v) is 3.42. The van der Waals surface area contributed by atoms with Gasteiger partial charge in [0.1, 0.15) is 5.82 Å². The molecule has 0 aromatic heterocycles. The van der Waals surface area contributed by atoms with E-state index in [1.807, 2.05) is 6.07 Å². The van der Waals surface area contributed by atoms with E-state index < -0.39 is 0 Å². The first kappa shape index (κ1) is 15.9. The highest BCUT2D eigenvalue weighted by atomic mass is 79.9. The van der Waals surface area contributed by atoms with Crippen molar-refractivity contribution < 1.29 is 4.39 Å². The molecule has 2 nitrogen and oxygen atoms in total. The van der Waals surface area contributed by atoms with Crippen molar-refractivity contribution in [3.8, 4) is 0 Å². The molecule has 0 radical (unpaired) electrons. The molecule has 2 rings (SSSR count). The van der Waals surface area contributed by atoms with Crippen LogP contribution in [-0.2, 0) is 0 Å². The Hall–Kier alpha value is -0.450.